The molecule has 0 unspecified atom stereocenters. The van der Waals surface area contributed by atoms with Crippen molar-refractivity contribution >= 4 is 63.7 Å². The van der Waals surface area contributed by atoms with Gasteiger partial charge in [-0.05, 0) is 29.9 Å². The number of benzene rings is 2. The van der Waals surface area contributed by atoms with Crippen LogP contribution in [0.25, 0.3) is 0 Å². The molecule has 0 aromatic heterocycles. The first-order valence-corrected chi connectivity index (χ1v) is 9.43. The molecule has 144 valence electrons. The lowest BCUT2D eigenvalue weighted by molar-refractivity contribution is -0.121. The van der Waals surface area contributed by atoms with Crippen LogP contribution in [0.5, 0.6) is 5.75 Å². The minimum absolute atomic E-state index is 0.149. The predicted molar refractivity (Wildman–Crippen MR) is 115 cm³/mol. The molecule has 1 amide bonds. The van der Waals surface area contributed by atoms with E-state index in [4.69, 9.17) is 51.8 Å². The Morgan fingerprint density at radius 2 is 1.81 bits per heavy atom. The molecule has 9 heteroatoms. The molecule has 2 aromatic rings. The third-order valence-electron chi connectivity index (χ3n) is 3.44. The lowest BCUT2D eigenvalue weighted by Crippen LogP contribution is -2.56. The van der Waals surface area contributed by atoms with E-state index in [0.717, 1.165) is 5.56 Å². The molecule has 0 saturated carbocycles. The van der Waals surface area contributed by atoms with E-state index in [1.165, 1.54) is 0 Å². The molecule has 5 nitrogen and oxygen atoms in total. The number of nitrogens with one attached hydrogen (secondary N) is 3. The summed E-state index contributed by atoms with van der Waals surface area (Å²) in [5.74, 6) is 0.353. The SMILES string of the molecule is COc1cccc(NC(=S)N[C@H](NC(=O)Cc2ccccc2)C(Cl)(Cl)Cl)c1. The van der Waals surface area contributed by atoms with E-state index in [0.29, 0.717) is 11.4 Å². The highest BCUT2D eigenvalue weighted by Gasteiger charge is 2.34. The monoisotopic (exact) mass is 445 g/mol. The van der Waals surface area contributed by atoms with E-state index in [1.54, 1.807) is 31.4 Å². The van der Waals surface area contributed by atoms with Crippen molar-refractivity contribution in [3.63, 3.8) is 0 Å². The molecular formula is C18H18Cl3N3O2S. The highest BCUT2D eigenvalue weighted by molar-refractivity contribution is 7.80. The maximum absolute atomic E-state index is 12.3. The van der Waals surface area contributed by atoms with Crippen molar-refractivity contribution in [1.29, 1.82) is 0 Å². The van der Waals surface area contributed by atoms with Gasteiger partial charge >= 0.3 is 0 Å². The van der Waals surface area contributed by atoms with Gasteiger partial charge in [-0.1, -0.05) is 71.2 Å². The normalized spacial score (nSPS) is 12.0. The Bertz CT molecular complexity index is 785. The molecule has 2 aromatic carbocycles. The van der Waals surface area contributed by atoms with E-state index in [2.05, 4.69) is 16.0 Å². The summed E-state index contributed by atoms with van der Waals surface area (Å²) < 4.78 is 3.34. The van der Waals surface area contributed by atoms with Gasteiger partial charge < -0.3 is 20.7 Å². The van der Waals surface area contributed by atoms with Crippen molar-refractivity contribution in [2.75, 3.05) is 12.4 Å². The van der Waals surface area contributed by atoms with Crippen molar-refractivity contribution in [2.24, 2.45) is 0 Å². The smallest absolute Gasteiger partial charge is 0.228 e. The van der Waals surface area contributed by atoms with Gasteiger partial charge in [0.15, 0.2) is 5.11 Å². The Morgan fingerprint density at radius 1 is 1.11 bits per heavy atom. The molecule has 27 heavy (non-hydrogen) atoms. The van der Waals surface area contributed by atoms with Crippen LogP contribution in [-0.4, -0.2) is 28.1 Å². The zero-order valence-corrected chi connectivity index (χ0v) is 17.4. The number of carbonyl (C=O) groups is 1. The second kappa shape index (κ2) is 9.99. The van der Waals surface area contributed by atoms with Crippen molar-refractivity contribution < 1.29 is 9.53 Å². The topological polar surface area (TPSA) is 62.4 Å². The fourth-order valence-electron chi connectivity index (χ4n) is 2.19. The number of methoxy groups -OCH3 is 1. The van der Waals surface area contributed by atoms with E-state index < -0.39 is 9.96 Å². The maximum Gasteiger partial charge on any atom is 0.228 e. The van der Waals surface area contributed by atoms with E-state index >= 15 is 0 Å². The summed E-state index contributed by atoms with van der Waals surface area (Å²) in [4.78, 5) is 12.3. The number of amides is 1. The number of hydrogen-bond acceptors (Lipinski definition) is 3. The molecule has 1 atom stereocenters. The summed E-state index contributed by atoms with van der Waals surface area (Å²) in [6, 6.07) is 16.4. The fourth-order valence-corrected chi connectivity index (χ4v) is 2.76. The largest absolute Gasteiger partial charge is 0.497 e. The van der Waals surface area contributed by atoms with Gasteiger partial charge in [-0.3, -0.25) is 4.79 Å². The molecular weight excluding hydrogens is 429 g/mol. The maximum atomic E-state index is 12.3. The number of anilines is 1. The third-order valence-corrected chi connectivity index (χ3v) is 4.32. The number of halogens is 3. The van der Waals surface area contributed by atoms with Crippen LogP contribution in [0.2, 0.25) is 0 Å². The van der Waals surface area contributed by atoms with Gasteiger partial charge in [-0.2, -0.15) is 0 Å². The summed E-state index contributed by atoms with van der Waals surface area (Å²) in [7, 11) is 1.57. The van der Waals surface area contributed by atoms with Crippen LogP contribution in [0.15, 0.2) is 54.6 Å². The number of hydrogen-bond donors (Lipinski definition) is 3. The Hall–Kier alpha value is -1.73. The molecule has 0 aliphatic rings. The number of alkyl halides is 3. The van der Waals surface area contributed by atoms with Crippen molar-refractivity contribution in [3.05, 3.63) is 60.2 Å². The lowest BCUT2D eigenvalue weighted by atomic mass is 10.1. The lowest BCUT2D eigenvalue weighted by Gasteiger charge is -2.27. The zero-order valence-electron chi connectivity index (χ0n) is 14.3. The summed E-state index contributed by atoms with van der Waals surface area (Å²) >= 11 is 23.2. The number of carbonyl (C=O) groups excluding carboxylic acids is 1. The number of rotatable bonds is 6. The Balaban J connectivity index is 1.99. The van der Waals surface area contributed by atoms with Crippen LogP contribution < -0.4 is 20.7 Å². The molecule has 0 radical (unpaired) electrons. The van der Waals surface area contributed by atoms with Crippen LogP contribution in [0.1, 0.15) is 5.56 Å². The first kappa shape index (κ1) is 21.6. The quantitative estimate of drug-likeness (QED) is 0.355. The van der Waals surface area contributed by atoms with Crippen LogP contribution in [0.3, 0.4) is 0 Å². The second-order valence-corrected chi connectivity index (χ2v) is 8.31. The average molecular weight is 447 g/mol. The summed E-state index contributed by atoms with van der Waals surface area (Å²) in [5.41, 5.74) is 1.53. The van der Waals surface area contributed by atoms with Crippen LogP contribution in [-0.2, 0) is 11.2 Å². The van der Waals surface area contributed by atoms with Crippen molar-refractivity contribution in [2.45, 2.75) is 16.4 Å². The van der Waals surface area contributed by atoms with Crippen molar-refractivity contribution in [3.8, 4) is 5.75 Å². The minimum Gasteiger partial charge on any atom is -0.497 e. The fraction of sp³-hybridized carbons (Fsp3) is 0.222. The predicted octanol–water partition coefficient (Wildman–Crippen LogP) is 4.04. The molecule has 0 fully saturated rings. The molecule has 0 bridgehead atoms. The van der Waals surface area contributed by atoms with Gasteiger partial charge in [0, 0.05) is 11.8 Å². The van der Waals surface area contributed by atoms with Gasteiger partial charge in [-0.15, -0.1) is 0 Å². The summed E-state index contributed by atoms with van der Waals surface area (Å²) in [6.45, 7) is 0. The molecule has 0 aliphatic heterocycles. The first-order valence-electron chi connectivity index (χ1n) is 7.89. The molecule has 0 spiro atoms. The standard InChI is InChI=1S/C18H18Cl3N3O2S/c1-26-14-9-5-8-13(11-14)22-17(27)24-16(18(19,20)21)23-15(25)10-12-6-3-2-4-7-12/h2-9,11,16H,10H2,1H3,(H,23,25)(H2,22,24,27)/t16-/m0/s1. The van der Waals surface area contributed by atoms with Crippen LogP contribution in [0, 0.1) is 0 Å². The summed E-state index contributed by atoms with van der Waals surface area (Å²) in [6.07, 6.45) is -0.875. The molecule has 2 rings (SSSR count). The Labute approximate surface area is 178 Å². The number of thiocarbonyl (C=S) groups is 1. The highest BCUT2D eigenvalue weighted by Crippen LogP contribution is 2.29. The van der Waals surface area contributed by atoms with Gasteiger partial charge in [0.1, 0.15) is 11.9 Å². The summed E-state index contributed by atoms with van der Waals surface area (Å²) in [5, 5.41) is 8.59. The third kappa shape index (κ3) is 7.42. The van der Waals surface area contributed by atoms with Gasteiger partial charge in [0.05, 0.1) is 13.5 Å². The average Bonchev–Trinajstić information content (AvgIpc) is 2.61. The van der Waals surface area contributed by atoms with Gasteiger partial charge in [0.25, 0.3) is 0 Å². The van der Waals surface area contributed by atoms with E-state index in [1.807, 2.05) is 30.3 Å². The van der Waals surface area contributed by atoms with Gasteiger partial charge in [-0.25, -0.2) is 0 Å². The number of ether oxygens (including phenoxy) is 1. The second-order valence-electron chi connectivity index (χ2n) is 5.53. The van der Waals surface area contributed by atoms with Crippen LogP contribution in [0.4, 0.5) is 5.69 Å². The van der Waals surface area contributed by atoms with Gasteiger partial charge in [0.2, 0.25) is 9.70 Å². The molecule has 0 heterocycles. The van der Waals surface area contributed by atoms with E-state index in [9.17, 15) is 4.79 Å². The zero-order chi connectivity index (χ0) is 19.9. The molecule has 3 N–H and O–H groups in total. The molecule has 0 saturated heterocycles. The van der Waals surface area contributed by atoms with Crippen LogP contribution >= 0.6 is 47.0 Å². The first-order chi connectivity index (χ1) is 12.8. The van der Waals surface area contributed by atoms with E-state index in [-0.39, 0.29) is 17.4 Å². The highest BCUT2D eigenvalue weighted by atomic mass is 35.6. The van der Waals surface area contributed by atoms with Crippen molar-refractivity contribution in [1.82, 2.24) is 10.6 Å². The Morgan fingerprint density at radius 3 is 2.44 bits per heavy atom. The Kier molecular flexibility index (Phi) is 7.98. The minimum atomic E-state index is -1.81. The molecule has 0 aliphatic carbocycles.